The predicted octanol–water partition coefficient (Wildman–Crippen LogP) is 3.36. The van der Waals surface area contributed by atoms with E-state index in [1.807, 2.05) is 31.2 Å². The molecule has 0 aromatic heterocycles. The molecule has 23 heavy (non-hydrogen) atoms. The van der Waals surface area contributed by atoms with Crippen molar-refractivity contribution >= 4 is 23.2 Å². The summed E-state index contributed by atoms with van der Waals surface area (Å²) in [4.78, 5) is 12.0. The quantitative estimate of drug-likeness (QED) is 0.881. The lowest BCUT2D eigenvalue weighted by atomic mass is 10.1. The summed E-state index contributed by atoms with van der Waals surface area (Å²) in [7, 11) is 0. The van der Waals surface area contributed by atoms with Gasteiger partial charge in [0.2, 0.25) is 12.7 Å². The molecule has 1 heterocycles. The van der Waals surface area contributed by atoms with Crippen LogP contribution in [0.5, 0.6) is 11.5 Å². The zero-order chi connectivity index (χ0) is 16.2. The van der Waals surface area contributed by atoms with Gasteiger partial charge >= 0.3 is 0 Å². The molecule has 1 atom stereocenters. The van der Waals surface area contributed by atoms with Gasteiger partial charge in [-0.2, -0.15) is 0 Å². The zero-order valence-electron chi connectivity index (χ0n) is 12.6. The number of rotatable bonds is 5. The maximum atomic E-state index is 12.0. The molecule has 1 aliphatic rings. The van der Waals surface area contributed by atoms with Gasteiger partial charge in [-0.3, -0.25) is 4.79 Å². The highest BCUT2D eigenvalue weighted by atomic mass is 35.5. The molecule has 120 valence electrons. The SMILES string of the molecule is C[C@@H](NCC(=O)Nc1ccc2c(c1)OCO2)c1ccc(Cl)cc1. The Kier molecular flexibility index (Phi) is 4.69. The van der Waals surface area contributed by atoms with E-state index in [9.17, 15) is 4.79 Å². The van der Waals surface area contributed by atoms with E-state index in [-0.39, 0.29) is 25.3 Å². The first-order chi connectivity index (χ1) is 11.1. The van der Waals surface area contributed by atoms with E-state index in [4.69, 9.17) is 21.1 Å². The molecule has 5 nitrogen and oxygen atoms in total. The number of benzene rings is 2. The molecular formula is C17H17ClN2O3. The summed E-state index contributed by atoms with van der Waals surface area (Å²) in [5, 5.41) is 6.70. The second-order valence-corrected chi connectivity index (χ2v) is 5.71. The van der Waals surface area contributed by atoms with Gasteiger partial charge in [0.25, 0.3) is 0 Å². The average Bonchev–Trinajstić information content (AvgIpc) is 3.01. The van der Waals surface area contributed by atoms with Crippen LogP contribution in [-0.4, -0.2) is 19.2 Å². The van der Waals surface area contributed by atoms with Crippen LogP contribution in [0.25, 0.3) is 0 Å². The summed E-state index contributed by atoms with van der Waals surface area (Å²) in [6, 6.07) is 12.9. The van der Waals surface area contributed by atoms with Gasteiger partial charge in [-0.05, 0) is 36.8 Å². The summed E-state index contributed by atoms with van der Waals surface area (Å²) < 4.78 is 10.5. The van der Waals surface area contributed by atoms with Crippen LogP contribution < -0.4 is 20.1 Å². The van der Waals surface area contributed by atoms with Crippen molar-refractivity contribution < 1.29 is 14.3 Å². The minimum atomic E-state index is -0.121. The van der Waals surface area contributed by atoms with Crippen LogP contribution in [0.3, 0.4) is 0 Å². The van der Waals surface area contributed by atoms with Crippen molar-refractivity contribution in [3.05, 3.63) is 53.1 Å². The van der Waals surface area contributed by atoms with Crippen LogP contribution in [0.2, 0.25) is 5.02 Å². The molecule has 0 bridgehead atoms. The van der Waals surface area contributed by atoms with Gasteiger partial charge in [-0.15, -0.1) is 0 Å². The Labute approximate surface area is 139 Å². The largest absolute Gasteiger partial charge is 0.454 e. The highest BCUT2D eigenvalue weighted by molar-refractivity contribution is 6.30. The number of fused-ring (bicyclic) bond motifs is 1. The van der Waals surface area contributed by atoms with E-state index in [1.54, 1.807) is 18.2 Å². The van der Waals surface area contributed by atoms with Crippen molar-refractivity contribution in [1.29, 1.82) is 0 Å². The third-order valence-corrected chi connectivity index (χ3v) is 3.85. The molecule has 0 unspecified atom stereocenters. The van der Waals surface area contributed by atoms with Crippen molar-refractivity contribution in [2.75, 3.05) is 18.7 Å². The molecule has 0 spiro atoms. The van der Waals surface area contributed by atoms with Crippen LogP contribution >= 0.6 is 11.6 Å². The van der Waals surface area contributed by atoms with Gasteiger partial charge in [0.05, 0.1) is 6.54 Å². The highest BCUT2D eigenvalue weighted by Gasteiger charge is 2.14. The number of amides is 1. The third-order valence-electron chi connectivity index (χ3n) is 3.60. The monoisotopic (exact) mass is 332 g/mol. The van der Waals surface area contributed by atoms with E-state index in [1.165, 1.54) is 0 Å². The van der Waals surface area contributed by atoms with Crippen molar-refractivity contribution in [2.45, 2.75) is 13.0 Å². The first-order valence-electron chi connectivity index (χ1n) is 7.30. The number of carbonyl (C=O) groups excluding carboxylic acids is 1. The smallest absolute Gasteiger partial charge is 0.238 e. The van der Waals surface area contributed by atoms with Crippen molar-refractivity contribution in [3.8, 4) is 11.5 Å². The number of hydrogen-bond acceptors (Lipinski definition) is 4. The lowest BCUT2D eigenvalue weighted by Gasteiger charge is -2.14. The molecule has 2 aromatic rings. The molecule has 1 aliphatic heterocycles. The van der Waals surface area contributed by atoms with Crippen molar-refractivity contribution in [3.63, 3.8) is 0 Å². The van der Waals surface area contributed by atoms with Gasteiger partial charge in [-0.1, -0.05) is 23.7 Å². The average molecular weight is 333 g/mol. The van der Waals surface area contributed by atoms with E-state index in [2.05, 4.69) is 10.6 Å². The molecule has 0 saturated heterocycles. The predicted molar refractivity (Wildman–Crippen MR) is 89.1 cm³/mol. The Morgan fingerprint density at radius 3 is 2.70 bits per heavy atom. The molecular weight excluding hydrogens is 316 g/mol. The summed E-state index contributed by atoms with van der Waals surface area (Å²) >= 11 is 5.87. The van der Waals surface area contributed by atoms with E-state index in [0.29, 0.717) is 22.2 Å². The fourth-order valence-corrected chi connectivity index (χ4v) is 2.42. The molecule has 2 N–H and O–H groups in total. The minimum Gasteiger partial charge on any atom is -0.454 e. The highest BCUT2D eigenvalue weighted by Crippen LogP contribution is 2.34. The van der Waals surface area contributed by atoms with Gasteiger partial charge in [0, 0.05) is 22.8 Å². The Morgan fingerprint density at radius 2 is 1.91 bits per heavy atom. The summed E-state index contributed by atoms with van der Waals surface area (Å²) in [6.07, 6.45) is 0. The van der Waals surface area contributed by atoms with Crippen LogP contribution in [0.15, 0.2) is 42.5 Å². The van der Waals surface area contributed by atoms with Crippen LogP contribution in [0, 0.1) is 0 Å². The summed E-state index contributed by atoms with van der Waals surface area (Å²) in [6.45, 7) is 2.42. The van der Waals surface area contributed by atoms with Crippen molar-refractivity contribution in [2.24, 2.45) is 0 Å². The Balaban J connectivity index is 1.52. The topological polar surface area (TPSA) is 59.6 Å². The fourth-order valence-electron chi connectivity index (χ4n) is 2.29. The molecule has 0 radical (unpaired) electrons. The standard InChI is InChI=1S/C17H17ClN2O3/c1-11(12-2-4-13(18)5-3-12)19-9-17(21)20-14-6-7-15-16(8-14)23-10-22-15/h2-8,11,19H,9-10H2,1H3,(H,20,21)/t11-/m1/s1. The summed E-state index contributed by atoms with van der Waals surface area (Å²) in [5.74, 6) is 1.22. The third kappa shape index (κ3) is 3.94. The number of anilines is 1. The number of carbonyl (C=O) groups is 1. The molecule has 0 aliphatic carbocycles. The van der Waals surface area contributed by atoms with E-state index >= 15 is 0 Å². The normalized spacial score (nSPS) is 13.7. The van der Waals surface area contributed by atoms with Crippen LogP contribution in [0.4, 0.5) is 5.69 Å². The Bertz CT molecular complexity index is 703. The Hall–Kier alpha value is -2.24. The van der Waals surface area contributed by atoms with E-state index < -0.39 is 0 Å². The molecule has 3 rings (SSSR count). The number of halogens is 1. The van der Waals surface area contributed by atoms with Crippen molar-refractivity contribution in [1.82, 2.24) is 5.32 Å². The first-order valence-corrected chi connectivity index (χ1v) is 7.68. The van der Waals surface area contributed by atoms with Gasteiger partial charge < -0.3 is 20.1 Å². The molecule has 6 heteroatoms. The minimum absolute atomic E-state index is 0.0507. The van der Waals surface area contributed by atoms with Gasteiger partial charge in [0.1, 0.15) is 0 Å². The number of ether oxygens (including phenoxy) is 2. The van der Waals surface area contributed by atoms with Gasteiger partial charge in [-0.25, -0.2) is 0 Å². The van der Waals surface area contributed by atoms with Gasteiger partial charge in [0.15, 0.2) is 11.5 Å². The molecule has 1 amide bonds. The first kappa shape index (κ1) is 15.6. The lowest BCUT2D eigenvalue weighted by Crippen LogP contribution is -2.30. The maximum absolute atomic E-state index is 12.0. The number of hydrogen-bond donors (Lipinski definition) is 2. The second-order valence-electron chi connectivity index (χ2n) is 5.27. The lowest BCUT2D eigenvalue weighted by molar-refractivity contribution is -0.115. The van der Waals surface area contributed by atoms with Crippen LogP contribution in [0.1, 0.15) is 18.5 Å². The molecule has 0 fully saturated rings. The van der Waals surface area contributed by atoms with Crippen LogP contribution in [-0.2, 0) is 4.79 Å². The summed E-state index contributed by atoms with van der Waals surface area (Å²) in [5.41, 5.74) is 1.76. The number of nitrogens with one attached hydrogen (secondary N) is 2. The maximum Gasteiger partial charge on any atom is 0.238 e. The van der Waals surface area contributed by atoms with E-state index in [0.717, 1.165) is 5.56 Å². The Morgan fingerprint density at radius 1 is 1.17 bits per heavy atom. The fraction of sp³-hybridized carbons (Fsp3) is 0.235. The molecule has 0 saturated carbocycles. The second kappa shape index (κ2) is 6.89. The zero-order valence-corrected chi connectivity index (χ0v) is 13.4. The molecule has 2 aromatic carbocycles.